The molecular weight excluding hydrogens is 416 g/mol. The van der Waals surface area contributed by atoms with Gasteiger partial charge in [0.15, 0.2) is 11.5 Å². The summed E-state index contributed by atoms with van der Waals surface area (Å²) in [4.78, 5) is 28.4. The normalized spacial score (nSPS) is 13.5. The van der Waals surface area contributed by atoms with E-state index in [4.69, 9.17) is 9.47 Å². The Kier molecular flexibility index (Phi) is 5.92. The summed E-state index contributed by atoms with van der Waals surface area (Å²) in [6.45, 7) is 5.93. The monoisotopic (exact) mass is 442 g/mol. The number of amides is 2. The summed E-state index contributed by atoms with van der Waals surface area (Å²) < 4.78 is 10.7. The van der Waals surface area contributed by atoms with Crippen LogP contribution in [0.3, 0.4) is 0 Å². The maximum absolute atomic E-state index is 13.6. The zero-order valence-corrected chi connectivity index (χ0v) is 19.4. The molecule has 6 heteroatoms. The highest BCUT2D eigenvalue weighted by Crippen LogP contribution is 2.36. The first-order valence-corrected chi connectivity index (χ1v) is 10.6. The summed E-state index contributed by atoms with van der Waals surface area (Å²) in [6.07, 6.45) is 0. The molecule has 3 aromatic carbocycles. The fourth-order valence-electron chi connectivity index (χ4n) is 3.79. The third-order valence-electron chi connectivity index (χ3n) is 5.83. The Morgan fingerprint density at radius 2 is 1.42 bits per heavy atom. The van der Waals surface area contributed by atoms with Crippen molar-refractivity contribution in [3.63, 3.8) is 0 Å². The molecule has 0 fully saturated rings. The number of anilines is 2. The second kappa shape index (κ2) is 8.82. The molecule has 1 aliphatic heterocycles. The first kappa shape index (κ1) is 22.1. The smallest absolute Gasteiger partial charge is 0.282 e. The van der Waals surface area contributed by atoms with E-state index in [1.165, 1.54) is 4.90 Å². The minimum atomic E-state index is -0.409. The molecule has 1 aliphatic rings. The summed E-state index contributed by atoms with van der Waals surface area (Å²) in [5.74, 6) is 0.313. The van der Waals surface area contributed by atoms with Gasteiger partial charge in [-0.15, -0.1) is 0 Å². The quantitative estimate of drug-likeness (QED) is 0.543. The largest absolute Gasteiger partial charge is 0.493 e. The number of carbonyl (C=O) groups is 2. The number of imide groups is 1. The predicted octanol–water partition coefficient (Wildman–Crippen LogP) is 5.03. The lowest BCUT2D eigenvalue weighted by atomic mass is 10.0. The molecule has 0 spiro atoms. The van der Waals surface area contributed by atoms with E-state index in [1.807, 2.05) is 57.2 Å². The average molecular weight is 443 g/mol. The predicted molar refractivity (Wildman–Crippen MR) is 130 cm³/mol. The molecule has 168 valence electrons. The van der Waals surface area contributed by atoms with Crippen LogP contribution in [0.5, 0.6) is 11.5 Å². The maximum atomic E-state index is 13.6. The third kappa shape index (κ3) is 4.07. The van der Waals surface area contributed by atoms with E-state index >= 15 is 0 Å². The summed E-state index contributed by atoms with van der Waals surface area (Å²) >= 11 is 0. The van der Waals surface area contributed by atoms with Gasteiger partial charge in [-0.2, -0.15) is 0 Å². The van der Waals surface area contributed by atoms with E-state index in [0.717, 1.165) is 16.7 Å². The van der Waals surface area contributed by atoms with Crippen molar-refractivity contribution in [1.82, 2.24) is 0 Å². The van der Waals surface area contributed by atoms with Gasteiger partial charge in [-0.25, -0.2) is 4.90 Å². The summed E-state index contributed by atoms with van der Waals surface area (Å²) in [5.41, 5.74) is 5.53. The number of carbonyl (C=O) groups excluding carboxylic acids is 2. The van der Waals surface area contributed by atoms with Crippen molar-refractivity contribution in [3.05, 3.63) is 88.6 Å². The van der Waals surface area contributed by atoms with Crippen LogP contribution in [-0.2, 0) is 9.59 Å². The Morgan fingerprint density at radius 1 is 0.727 bits per heavy atom. The van der Waals surface area contributed by atoms with Crippen LogP contribution in [0.4, 0.5) is 11.4 Å². The molecule has 3 aromatic rings. The molecule has 4 rings (SSSR count). The lowest BCUT2D eigenvalue weighted by Gasteiger charge is -2.17. The van der Waals surface area contributed by atoms with Crippen LogP contribution in [0.2, 0.25) is 0 Å². The zero-order chi connectivity index (χ0) is 23.7. The Balaban J connectivity index is 1.82. The van der Waals surface area contributed by atoms with Crippen molar-refractivity contribution >= 4 is 28.8 Å². The Labute approximate surface area is 193 Å². The van der Waals surface area contributed by atoms with E-state index in [2.05, 4.69) is 5.32 Å². The van der Waals surface area contributed by atoms with Crippen molar-refractivity contribution in [3.8, 4) is 11.5 Å². The van der Waals surface area contributed by atoms with Gasteiger partial charge in [0.25, 0.3) is 11.8 Å². The summed E-state index contributed by atoms with van der Waals surface area (Å²) in [5, 5.41) is 3.17. The van der Waals surface area contributed by atoms with E-state index in [1.54, 1.807) is 38.5 Å². The van der Waals surface area contributed by atoms with Crippen molar-refractivity contribution in [2.45, 2.75) is 20.8 Å². The van der Waals surface area contributed by atoms with Crippen LogP contribution in [0, 0.1) is 20.8 Å². The number of nitrogens with zero attached hydrogens (tertiary/aromatic N) is 1. The highest BCUT2D eigenvalue weighted by atomic mass is 16.5. The molecule has 0 atom stereocenters. The fraction of sp³-hybridized carbons (Fsp3) is 0.185. The Hall–Kier alpha value is -4.06. The fourth-order valence-corrected chi connectivity index (χ4v) is 3.79. The van der Waals surface area contributed by atoms with Gasteiger partial charge in [0.05, 0.1) is 25.5 Å². The number of hydrogen-bond acceptors (Lipinski definition) is 5. The van der Waals surface area contributed by atoms with E-state index in [-0.39, 0.29) is 11.6 Å². The molecule has 0 saturated carbocycles. The molecule has 0 aromatic heterocycles. The van der Waals surface area contributed by atoms with Crippen LogP contribution >= 0.6 is 0 Å². The van der Waals surface area contributed by atoms with Crippen molar-refractivity contribution in [2.75, 3.05) is 24.4 Å². The van der Waals surface area contributed by atoms with Crippen LogP contribution in [-0.4, -0.2) is 26.0 Å². The molecule has 0 aliphatic carbocycles. The first-order valence-electron chi connectivity index (χ1n) is 10.6. The average Bonchev–Trinajstić information content (AvgIpc) is 3.05. The molecule has 0 bridgehead atoms. The number of benzene rings is 3. The van der Waals surface area contributed by atoms with Gasteiger partial charge in [-0.05, 0) is 61.7 Å². The molecule has 33 heavy (non-hydrogen) atoms. The molecule has 0 radical (unpaired) electrons. The minimum Gasteiger partial charge on any atom is -0.493 e. The van der Waals surface area contributed by atoms with Gasteiger partial charge >= 0.3 is 0 Å². The van der Waals surface area contributed by atoms with E-state index in [9.17, 15) is 9.59 Å². The van der Waals surface area contributed by atoms with E-state index < -0.39 is 5.91 Å². The molecule has 1 heterocycles. The van der Waals surface area contributed by atoms with Crippen molar-refractivity contribution < 1.29 is 19.1 Å². The molecule has 1 N–H and O–H groups in total. The Bertz CT molecular complexity index is 1280. The standard InChI is InChI=1S/C27H26N2O4/c1-16-6-9-19(10-7-16)24-25(28-20-11-13-22(32-4)23(15-20)33-5)27(31)29(26(24)30)21-12-8-17(2)18(3)14-21/h6-15,28H,1-5H3. The van der Waals surface area contributed by atoms with Gasteiger partial charge in [0.1, 0.15) is 5.70 Å². The SMILES string of the molecule is COc1ccc(NC2=C(c3ccc(C)cc3)C(=O)N(c3ccc(C)c(C)c3)C2=O)cc1OC. The summed E-state index contributed by atoms with van der Waals surface area (Å²) in [7, 11) is 3.11. The van der Waals surface area contributed by atoms with E-state index in [0.29, 0.717) is 34.0 Å². The highest BCUT2D eigenvalue weighted by molar-refractivity contribution is 6.46. The second-order valence-electron chi connectivity index (χ2n) is 8.03. The minimum absolute atomic E-state index is 0.217. The van der Waals surface area contributed by atoms with Gasteiger partial charge in [0, 0.05) is 11.8 Å². The summed E-state index contributed by atoms with van der Waals surface area (Å²) in [6, 6.07) is 18.4. The maximum Gasteiger partial charge on any atom is 0.282 e. The number of hydrogen-bond donors (Lipinski definition) is 1. The topological polar surface area (TPSA) is 67.9 Å². The number of nitrogens with one attached hydrogen (secondary N) is 1. The van der Waals surface area contributed by atoms with Crippen LogP contribution < -0.4 is 19.7 Å². The Morgan fingerprint density at radius 3 is 2.06 bits per heavy atom. The van der Waals surface area contributed by atoms with Crippen molar-refractivity contribution in [1.29, 1.82) is 0 Å². The van der Waals surface area contributed by atoms with Crippen LogP contribution in [0.15, 0.2) is 66.4 Å². The number of methoxy groups -OCH3 is 2. The van der Waals surface area contributed by atoms with Crippen LogP contribution in [0.1, 0.15) is 22.3 Å². The first-order chi connectivity index (χ1) is 15.8. The highest BCUT2D eigenvalue weighted by Gasteiger charge is 2.40. The van der Waals surface area contributed by atoms with Crippen molar-refractivity contribution in [2.24, 2.45) is 0 Å². The molecule has 2 amide bonds. The molecule has 0 unspecified atom stereocenters. The number of aryl methyl sites for hydroxylation is 3. The third-order valence-corrected chi connectivity index (χ3v) is 5.83. The molecular formula is C27H26N2O4. The molecule has 6 nitrogen and oxygen atoms in total. The second-order valence-corrected chi connectivity index (χ2v) is 8.03. The van der Waals surface area contributed by atoms with Gasteiger partial charge in [0.2, 0.25) is 0 Å². The lowest BCUT2D eigenvalue weighted by molar-refractivity contribution is -0.120. The molecule has 0 saturated heterocycles. The van der Waals surface area contributed by atoms with Gasteiger partial charge in [-0.1, -0.05) is 35.9 Å². The lowest BCUT2D eigenvalue weighted by Crippen LogP contribution is -2.32. The van der Waals surface area contributed by atoms with Gasteiger partial charge < -0.3 is 14.8 Å². The van der Waals surface area contributed by atoms with Gasteiger partial charge in [-0.3, -0.25) is 9.59 Å². The number of rotatable bonds is 6. The van der Waals surface area contributed by atoms with Crippen LogP contribution in [0.25, 0.3) is 5.57 Å². The zero-order valence-electron chi connectivity index (χ0n) is 19.4. The number of ether oxygens (including phenoxy) is 2.